The molecular formula is C27H18IN3. The third kappa shape index (κ3) is 4.39. The van der Waals surface area contributed by atoms with Gasteiger partial charge in [-0.3, -0.25) is 0 Å². The van der Waals surface area contributed by atoms with Crippen LogP contribution in [0.15, 0.2) is 109 Å². The lowest BCUT2D eigenvalue weighted by atomic mass is 10.0. The Labute approximate surface area is 195 Å². The van der Waals surface area contributed by atoms with Crippen LogP contribution in [0.25, 0.3) is 45.3 Å². The number of hydrogen-bond donors (Lipinski definition) is 0. The summed E-state index contributed by atoms with van der Waals surface area (Å²) in [5.41, 5.74) is 5.21. The number of halogens is 1. The van der Waals surface area contributed by atoms with Crippen molar-refractivity contribution in [3.8, 4) is 45.3 Å². The van der Waals surface area contributed by atoms with E-state index in [9.17, 15) is 0 Å². The molecule has 5 aromatic rings. The van der Waals surface area contributed by atoms with Crippen LogP contribution >= 0.6 is 22.6 Å². The van der Waals surface area contributed by atoms with E-state index in [4.69, 9.17) is 15.0 Å². The van der Waals surface area contributed by atoms with Crippen LogP contribution in [0.3, 0.4) is 0 Å². The molecule has 1 aromatic heterocycles. The van der Waals surface area contributed by atoms with Crippen LogP contribution in [-0.4, -0.2) is 15.0 Å². The van der Waals surface area contributed by atoms with E-state index in [-0.39, 0.29) is 0 Å². The number of aromatic nitrogens is 3. The van der Waals surface area contributed by atoms with E-state index >= 15 is 0 Å². The van der Waals surface area contributed by atoms with Crippen LogP contribution in [-0.2, 0) is 0 Å². The molecule has 1 heterocycles. The lowest BCUT2D eigenvalue weighted by molar-refractivity contribution is 1.07. The largest absolute Gasteiger partial charge is 0.208 e. The fraction of sp³-hybridized carbons (Fsp3) is 0. The Morgan fingerprint density at radius 2 is 0.839 bits per heavy atom. The van der Waals surface area contributed by atoms with Crippen LogP contribution in [0, 0.1) is 3.57 Å². The van der Waals surface area contributed by atoms with Crippen molar-refractivity contribution < 1.29 is 0 Å². The molecule has 4 heteroatoms. The summed E-state index contributed by atoms with van der Waals surface area (Å²) < 4.78 is 1.18. The van der Waals surface area contributed by atoms with Gasteiger partial charge in [0.1, 0.15) is 0 Å². The number of nitrogens with zero attached hydrogens (tertiary/aromatic N) is 3. The summed E-state index contributed by atoms with van der Waals surface area (Å²) in [6, 6.07) is 37.0. The molecule has 31 heavy (non-hydrogen) atoms. The molecule has 5 rings (SSSR count). The predicted octanol–water partition coefficient (Wildman–Crippen LogP) is 7.14. The fourth-order valence-electron chi connectivity index (χ4n) is 3.42. The summed E-state index contributed by atoms with van der Waals surface area (Å²) in [6.07, 6.45) is 0. The molecule has 0 aliphatic rings. The predicted molar refractivity (Wildman–Crippen MR) is 134 cm³/mol. The lowest BCUT2D eigenvalue weighted by Crippen LogP contribution is -2.00. The monoisotopic (exact) mass is 511 g/mol. The highest BCUT2D eigenvalue weighted by Crippen LogP contribution is 2.28. The van der Waals surface area contributed by atoms with Crippen molar-refractivity contribution in [2.75, 3.05) is 0 Å². The van der Waals surface area contributed by atoms with E-state index in [1.165, 1.54) is 9.13 Å². The molecule has 0 saturated heterocycles. The molecule has 0 bridgehead atoms. The summed E-state index contributed by atoms with van der Waals surface area (Å²) in [4.78, 5) is 14.5. The zero-order chi connectivity index (χ0) is 21.0. The molecular weight excluding hydrogens is 493 g/mol. The highest BCUT2D eigenvalue weighted by Gasteiger charge is 2.12. The minimum atomic E-state index is 0.667. The van der Waals surface area contributed by atoms with E-state index in [1.807, 2.05) is 60.7 Å². The SMILES string of the molecule is Ic1ccc(-c2nc(-c3ccccc3)nc(-c3cccc(-c4ccccc4)c3)n2)cc1. The third-order valence-electron chi connectivity index (χ3n) is 5.00. The average Bonchev–Trinajstić information content (AvgIpc) is 2.85. The first-order chi connectivity index (χ1) is 15.3. The van der Waals surface area contributed by atoms with Crippen LogP contribution in [0.5, 0.6) is 0 Å². The summed E-state index contributed by atoms with van der Waals surface area (Å²) in [5, 5.41) is 0. The summed E-state index contributed by atoms with van der Waals surface area (Å²) >= 11 is 2.30. The minimum Gasteiger partial charge on any atom is -0.208 e. The van der Waals surface area contributed by atoms with Gasteiger partial charge in [-0.1, -0.05) is 91.0 Å². The van der Waals surface area contributed by atoms with E-state index in [1.54, 1.807) is 0 Å². The van der Waals surface area contributed by atoms with Crippen molar-refractivity contribution in [1.82, 2.24) is 15.0 Å². The van der Waals surface area contributed by atoms with Gasteiger partial charge in [-0.15, -0.1) is 0 Å². The van der Waals surface area contributed by atoms with Gasteiger partial charge >= 0.3 is 0 Å². The van der Waals surface area contributed by atoms with E-state index in [0.29, 0.717) is 17.5 Å². The van der Waals surface area contributed by atoms with Gasteiger partial charge in [0.05, 0.1) is 0 Å². The van der Waals surface area contributed by atoms with Gasteiger partial charge in [-0.05, 0) is 51.9 Å². The summed E-state index contributed by atoms with van der Waals surface area (Å²) in [7, 11) is 0. The molecule has 3 nitrogen and oxygen atoms in total. The Morgan fingerprint density at radius 3 is 1.45 bits per heavy atom. The van der Waals surface area contributed by atoms with Gasteiger partial charge in [0.25, 0.3) is 0 Å². The summed E-state index contributed by atoms with van der Waals surface area (Å²) in [6.45, 7) is 0. The van der Waals surface area contributed by atoms with Crippen LogP contribution in [0.4, 0.5) is 0 Å². The van der Waals surface area contributed by atoms with Crippen molar-refractivity contribution in [1.29, 1.82) is 0 Å². The van der Waals surface area contributed by atoms with Gasteiger partial charge in [-0.2, -0.15) is 0 Å². The Hall–Kier alpha value is -3.38. The molecule has 0 unspecified atom stereocenters. The van der Waals surface area contributed by atoms with Gasteiger partial charge in [0, 0.05) is 20.3 Å². The average molecular weight is 511 g/mol. The molecule has 4 aromatic carbocycles. The maximum atomic E-state index is 4.84. The number of rotatable bonds is 4. The first kappa shape index (κ1) is 19.6. The Bertz CT molecular complexity index is 1320. The Morgan fingerprint density at radius 1 is 0.387 bits per heavy atom. The second-order valence-electron chi connectivity index (χ2n) is 7.13. The summed E-state index contributed by atoms with van der Waals surface area (Å²) in [5.74, 6) is 2.01. The second-order valence-corrected chi connectivity index (χ2v) is 8.37. The first-order valence-electron chi connectivity index (χ1n) is 9.99. The highest BCUT2D eigenvalue weighted by atomic mass is 127. The fourth-order valence-corrected chi connectivity index (χ4v) is 3.78. The van der Waals surface area contributed by atoms with Gasteiger partial charge < -0.3 is 0 Å². The standard InChI is InChI=1S/C27H18IN3/c28-24-16-14-21(15-17-24)26-29-25(20-10-5-2-6-11-20)30-27(31-26)23-13-7-12-22(18-23)19-8-3-1-4-9-19/h1-18H. The topological polar surface area (TPSA) is 38.7 Å². The van der Waals surface area contributed by atoms with Gasteiger partial charge in [0.15, 0.2) is 17.5 Å². The molecule has 0 N–H and O–H groups in total. The molecule has 0 atom stereocenters. The van der Waals surface area contributed by atoms with Crippen molar-refractivity contribution in [2.45, 2.75) is 0 Å². The lowest BCUT2D eigenvalue weighted by Gasteiger charge is -2.09. The second kappa shape index (κ2) is 8.78. The molecule has 0 amide bonds. The Kier molecular flexibility index (Phi) is 5.54. The normalized spacial score (nSPS) is 10.7. The maximum Gasteiger partial charge on any atom is 0.164 e. The maximum absolute atomic E-state index is 4.84. The quantitative estimate of drug-likeness (QED) is 0.241. The Balaban J connectivity index is 1.66. The zero-order valence-electron chi connectivity index (χ0n) is 16.6. The van der Waals surface area contributed by atoms with Crippen LogP contribution in [0.2, 0.25) is 0 Å². The van der Waals surface area contributed by atoms with Crippen molar-refractivity contribution in [2.24, 2.45) is 0 Å². The van der Waals surface area contributed by atoms with Gasteiger partial charge in [0.2, 0.25) is 0 Å². The zero-order valence-corrected chi connectivity index (χ0v) is 18.8. The van der Waals surface area contributed by atoms with Crippen LogP contribution < -0.4 is 0 Å². The number of hydrogen-bond acceptors (Lipinski definition) is 3. The van der Waals surface area contributed by atoms with E-state index < -0.39 is 0 Å². The van der Waals surface area contributed by atoms with Crippen molar-refractivity contribution in [3.63, 3.8) is 0 Å². The van der Waals surface area contributed by atoms with Gasteiger partial charge in [-0.25, -0.2) is 15.0 Å². The smallest absolute Gasteiger partial charge is 0.164 e. The molecule has 0 aliphatic carbocycles. The number of benzene rings is 4. The molecule has 0 radical (unpaired) electrons. The minimum absolute atomic E-state index is 0.667. The molecule has 0 saturated carbocycles. The molecule has 0 spiro atoms. The molecule has 0 aliphatic heterocycles. The van der Waals surface area contributed by atoms with Crippen molar-refractivity contribution in [3.05, 3.63) is 113 Å². The van der Waals surface area contributed by atoms with E-state index in [2.05, 4.69) is 71.1 Å². The highest BCUT2D eigenvalue weighted by molar-refractivity contribution is 14.1. The first-order valence-corrected chi connectivity index (χ1v) is 11.1. The third-order valence-corrected chi connectivity index (χ3v) is 5.72. The molecule has 0 fully saturated rings. The molecule has 148 valence electrons. The van der Waals surface area contributed by atoms with Crippen molar-refractivity contribution >= 4 is 22.6 Å². The van der Waals surface area contributed by atoms with Crippen LogP contribution in [0.1, 0.15) is 0 Å². The van der Waals surface area contributed by atoms with E-state index in [0.717, 1.165) is 22.3 Å².